The van der Waals surface area contributed by atoms with Gasteiger partial charge in [-0.1, -0.05) is 6.42 Å². The Hall–Kier alpha value is -1.32. The zero-order valence-electron chi connectivity index (χ0n) is 9.99. The van der Waals surface area contributed by atoms with E-state index in [-0.39, 0.29) is 11.8 Å². The second-order valence-corrected chi connectivity index (χ2v) is 4.57. The van der Waals surface area contributed by atoms with Gasteiger partial charge in [0.25, 0.3) is 0 Å². The Morgan fingerprint density at radius 3 is 2.81 bits per heavy atom. The largest absolute Gasteiger partial charge is 0.354 e. The van der Waals surface area contributed by atoms with E-state index in [1.807, 2.05) is 24.6 Å². The minimum absolute atomic E-state index is 0.216. The predicted molar refractivity (Wildman–Crippen MR) is 62.1 cm³/mol. The molecule has 1 aliphatic rings. The van der Waals surface area contributed by atoms with Crippen LogP contribution in [0.15, 0.2) is 6.07 Å². The van der Waals surface area contributed by atoms with Crippen LogP contribution < -0.4 is 5.32 Å². The van der Waals surface area contributed by atoms with Gasteiger partial charge in [-0.25, -0.2) is 0 Å². The number of nitrogens with one attached hydrogen (secondary N) is 1. The lowest BCUT2D eigenvalue weighted by Gasteiger charge is -2.24. The summed E-state index contributed by atoms with van der Waals surface area (Å²) in [7, 11) is 0. The molecule has 4 nitrogen and oxygen atoms in total. The number of aromatic nitrogens is 2. The van der Waals surface area contributed by atoms with Gasteiger partial charge in [0, 0.05) is 18.2 Å². The van der Waals surface area contributed by atoms with Gasteiger partial charge in [-0.15, -0.1) is 0 Å². The Kier molecular flexibility index (Phi) is 3.27. The molecule has 88 valence electrons. The van der Waals surface area contributed by atoms with Crippen LogP contribution in [-0.2, 0) is 11.3 Å². The van der Waals surface area contributed by atoms with Gasteiger partial charge in [-0.05, 0) is 32.8 Å². The van der Waals surface area contributed by atoms with E-state index < -0.39 is 0 Å². The first-order chi connectivity index (χ1) is 7.66. The molecule has 1 saturated carbocycles. The Morgan fingerprint density at radius 1 is 1.56 bits per heavy atom. The van der Waals surface area contributed by atoms with Crippen molar-refractivity contribution in [3.8, 4) is 0 Å². The zero-order chi connectivity index (χ0) is 11.5. The number of nitrogens with zero attached hydrogens (tertiary/aromatic N) is 2. The molecule has 1 fully saturated rings. The van der Waals surface area contributed by atoms with Gasteiger partial charge in [-0.2, -0.15) is 5.10 Å². The molecule has 0 spiro atoms. The molecule has 0 saturated heterocycles. The summed E-state index contributed by atoms with van der Waals surface area (Å²) < 4.78 is 1.94. The quantitative estimate of drug-likeness (QED) is 0.835. The van der Waals surface area contributed by atoms with E-state index in [0.717, 1.165) is 30.8 Å². The summed E-state index contributed by atoms with van der Waals surface area (Å²) in [4.78, 5) is 11.6. The number of aryl methyl sites for hydroxylation is 2. The molecule has 0 bridgehead atoms. The summed E-state index contributed by atoms with van der Waals surface area (Å²) in [6, 6.07) is 2.05. The molecular formula is C12H19N3O. The Morgan fingerprint density at radius 2 is 2.31 bits per heavy atom. The highest BCUT2D eigenvalue weighted by Crippen LogP contribution is 2.25. The van der Waals surface area contributed by atoms with Crippen LogP contribution in [-0.4, -0.2) is 22.2 Å². The fourth-order valence-electron chi connectivity index (χ4n) is 2.00. The van der Waals surface area contributed by atoms with Gasteiger partial charge in [0.05, 0.1) is 12.2 Å². The van der Waals surface area contributed by atoms with Crippen LogP contribution in [0.25, 0.3) is 0 Å². The van der Waals surface area contributed by atoms with Crippen molar-refractivity contribution in [1.82, 2.24) is 15.1 Å². The van der Waals surface area contributed by atoms with Crippen LogP contribution in [0, 0.1) is 19.8 Å². The van der Waals surface area contributed by atoms with Crippen molar-refractivity contribution in [2.75, 3.05) is 6.54 Å². The van der Waals surface area contributed by atoms with Gasteiger partial charge in [0.2, 0.25) is 5.91 Å². The third-order valence-electron chi connectivity index (χ3n) is 3.20. The maximum absolute atomic E-state index is 11.6. The van der Waals surface area contributed by atoms with Crippen molar-refractivity contribution in [3.05, 3.63) is 17.5 Å². The van der Waals surface area contributed by atoms with E-state index in [9.17, 15) is 4.79 Å². The van der Waals surface area contributed by atoms with Gasteiger partial charge in [-0.3, -0.25) is 9.48 Å². The predicted octanol–water partition coefficient (Wildman–Crippen LogP) is 1.42. The average molecular weight is 221 g/mol. The fourth-order valence-corrected chi connectivity index (χ4v) is 2.00. The molecule has 1 amide bonds. The van der Waals surface area contributed by atoms with Gasteiger partial charge in [0.15, 0.2) is 0 Å². The molecule has 1 aliphatic carbocycles. The zero-order valence-corrected chi connectivity index (χ0v) is 9.99. The lowest BCUT2D eigenvalue weighted by molar-refractivity contribution is -0.127. The molecule has 0 aliphatic heterocycles. The monoisotopic (exact) mass is 221 g/mol. The second kappa shape index (κ2) is 4.68. The van der Waals surface area contributed by atoms with Crippen molar-refractivity contribution in [3.63, 3.8) is 0 Å². The summed E-state index contributed by atoms with van der Waals surface area (Å²) in [6.45, 7) is 5.46. The van der Waals surface area contributed by atoms with Crippen molar-refractivity contribution in [2.45, 2.75) is 39.7 Å². The summed E-state index contributed by atoms with van der Waals surface area (Å²) in [5.41, 5.74) is 2.18. The smallest absolute Gasteiger partial charge is 0.223 e. The van der Waals surface area contributed by atoms with Crippen molar-refractivity contribution < 1.29 is 4.79 Å². The lowest BCUT2D eigenvalue weighted by Crippen LogP contribution is -2.36. The molecular weight excluding hydrogens is 202 g/mol. The van der Waals surface area contributed by atoms with E-state index in [4.69, 9.17) is 0 Å². The van der Waals surface area contributed by atoms with Crippen molar-refractivity contribution in [2.24, 2.45) is 5.92 Å². The molecule has 1 heterocycles. The second-order valence-electron chi connectivity index (χ2n) is 4.57. The average Bonchev–Trinajstić information content (AvgIpc) is 2.42. The van der Waals surface area contributed by atoms with Crippen LogP contribution in [0.2, 0.25) is 0 Å². The van der Waals surface area contributed by atoms with Crippen molar-refractivity contribution in [1.29, 1.82) is 0 Å². The van der Waals surface area contributed by atoms with Crippen molar-refractivity contribution >= 4 is 5.91 Å². The molecule has 0 unspecified atom stereocenters. The highest BCUT2D eigenvalue weighted by Gasteiger charge is 2.24. The van der Waals surface area contributed by atoms with E-state index in [2.05, 4.69) is 10.4 Å². The molecule has 2 rings (SSSR count). The van der Waals surface area contributed by atoms with Crippen LogP contribution in [0.5, 0.6) is 0 Å². The standard InChI is InChI=1S/C12H19N3O/c1-9-8-10(2)15(14-9)7-6-13-12(16)11-4-3-5-11/h8,11H,3-7H2,1-2H3,(H,13,16). The van der Waals surface area contributed by atoms with E-state index >= 15 is 0 Å². The molecule has 1 N–H and O–H groups in total. The number of hydrogen-bond acceptors (Lipinski definition) is 2. The summed E-state index contributed by atoms with van der Waals surface area (Å²) in [6.07, 6.45) is 3.33. The van der Waals surface area contributed by atoms with Crippen LogP contribution in [0.3, 0.4) is 0 Å². The molecule has 1 aromatic heterocycles. The number of rotatable bonds is 4. The lowest BCUT2D eigenvalue weighted by atomic mass is 9.85. The van der Waals surface area contributed by atoms with E-state index in [1.54, 1.807) is 0 Å². The SMILES string of the molecule is Cc1cc(C)n(CCNC(=O)C2CCC2)n1. The normalized spacial score (nSPS) is 15.9. The third-order valence-corrected chi connectivity index (χ3v) is 3.20. The number of carbonyl (C=O) groups is 1. The van der Waals surface area contributed by atoms with Crippen LogP contribution >= 0.6 is 0 Å². The summed E-state index contributed by atoms with van der Waals surface area (Å²) >= 11 is 0. The minimum Gasteiger partial charge on any atom is -0.354 e. The number of carbonyl (C=O) groups excluding carboxylic acids is 1. The van der Waals surface area contributed by atoms with E-state index in [0.29, 0.717) is 6.54 Å². The van der Waals surface area contributed by atoms with Gasteiger partial charge < -0.3 is 5.32 Å². The van der Waals surface area contributed by atoms with E-state index in [1.165, 1.54) is 6.42 Å². The topological polar surface area (TPSA) is 46.9 Å². The number of amides is 1. The Labute approximate surface area is 96.0 Å². The molecule has 0 radical (unpaired) electrons. The molecule has 1 aromatic rings. The first-order valence-electron chi connectivity index (χ1n) is 5.95. The minimum atomic E-state index is 0.216. The molecule has 0 aromatic carbocycles. The number of hydrogen-bond donors (Lipinski definition) is 1. The summed E-state index contributed by atoms with van der Waals surface area (Å²) in [5.74, 6) is 0.494. The maximum Gasteiger partial charge on any atom is 0.223 e. The Balaban J connectivity index is 1.75. The van der Waals surface area contributed by atoms with Gasteiger partial charge >= 0.3 is 0 Å². The molecule has 4 heteroatoms. The van der Waals surface area contributed by atoms with Crippen LogP contribution in [0.4, 0.5) is 0 Å². The fraction of sp³-hybridized carbons (Fsp3) is 0.667. The Bertz CT molecular complexity index is 380. The third kappa shape index (κ3) is 2.43. The van der Waals surface area contributed by atoms with Gasteiger partial charge in [0.1, 0.15) is 0 Å². The molecule has 16 heavy (non-hydrogen) atoms. The first kappa shape index (κ1) is 11.2. The highest BCUT2D eigenvalue weighted by molar-refractivity contribution is 5.79. The summed E-state index contributed by atoms with van der Waals surface area (Å²) in [5, 5.41) is 7.32. The molecule has 0 atom stereocenters. The maximum atomic E-state index is 11.6. The van der Waals surface area contributed by atoms with Crippen LogP contribution in [0.1, 0.15) is 30.7 Å². The first-order valence-corrected chi connectivity index (χ1v) is 5.95. The highest BCUT2D eigenvalue weighted by atomic mass is 16.1.